The quantitative estimate of drug-likeness (QED) is 0.803. The lowest BCUT2D eigenvalue weighted by Gasteiger charge is -2.39. The van der Waals surface area contributed by atoms with Crippen molar-refractivity contribution in [2.24, 2.45) is 0 Å². The van der Waals surface area contributed by atoms with E-state index in [1.165, 1.54) is 12.4 Å². The Kier molecular flexibility index (Phi) is 4.30. The van der Waals surface area contributed by atoms with Crippen molar-refractivity contribution in [2.45, 2.75) is 37.4 Å². The van der Waals surface area contributed by atoms with E-state index in [1.807, 2.05) is 0 Å². The van der Waals surface area contributed by atoms with Gasteiger partial charge in [-0.15, -0.1) is 0 Å². The van der Waals surface area contributed by atoms with Gasteiger partial charge in [0.15, 0.2) is 0 Å². The van der Waals surface area contributed by atoms with Crippen LogP contribution in [0.2, 0.25) is 0 Å². The van der Waals surface area contributed by atoms with Gasteiger partial charge in [-0.1, -0.05) is 0 Å². The molecule has 2 aliphatic heterocycles. The molecule has 1 atom stereocenters. The number of amides is 2. The molecule has 2 aliphatic rings. The zero-order valence-electron chi connectivity index (χ0n) is 13.6. The second kappa shape index (κ2) is 6.23. The third kappa shape index (κ3) is 3.19. The maximum Gasteiger partial charge on any atom is 0.274 e. The predicted octanol–water partition coefficient (Wildman–Crippen LogP) is 0.719. The number of nitrogens with zero attached hydrogens (tertiary/aromatic N) is 4. The second-order valence-corrected chi connectivity index (χ2v) is 6.44. The summed E-state index contributed by atoms with van der Waals surface area (Å²) in [7, 11) is 3.50. The number of likely N-dealkylation sites (N-methyl/N-ethyl adjacent to an activating group) is 1. The van der Waals surface area contributed by atoms with E-state index in [0.29, 0.717) is 18.8 Å². The zero-order valence-corrected chi connectivity index (χ0v) is 13.6. The number of rotatable bonds is 2. The molecule has 2 amide bonds. The van der Waals surface area contributed by atoms with Gasteiger partial charge in [-0.3, -0.25) is 14.6 Å². The molecule has 0 radical (unpaired) electrons. The van der Waals surface area contributed by atoms with Crippen LogP contribution in [0.1, 0.15) is 36.2 Å². The highest BCUT2D eigenvalue weighted by Gasteiger charge is 2.45. The number of hydrogen-bond acceptors (Lipinski definition) is 5. The number of likely N-dealkylation sites (tertiary alicyclic amines) is 1. The Hall–Kier alpha value is -2.02. The molecular weight excluding hydrogens is 296 g/mol. The Bertz CT molecular complexity index is 582. The molecule has 0 aliphatic carbocycles. The molecule has 2 saturated heterocycles. The first-order valence-corrected chi connectivity index (χ1v) is 7.95. The SMILES string of the molecule is CN(C)C(=O)[C@H]1CCC2(CCN(C(=O)c3cnccn3)CC2)O1. The molecule has 1 spiro atoms. The van der Waals surface area contributed by atoms with Crippen LogP contribution >= 0.6 is 0 Å². The Morgan fingerprint density at radius 2 is 2.00 bits per heavy atom. The maximum absolute atomic E-state index is 12.4. The average molecular weight is 318 g/mol. The van der Waals surface area contributed by atoms with Crippen molar-refractivity contribution in [3.05, 3.63) is 24.3 Å². The first-order chi connectivity index (χ1) is 11.0. The van der Waals surface area contributed by atoms with Gasteiger partial charge in [-0.2, -0.15) is 0 Å². The van der Waals surface area contributed by atoms with Gasteiger partial charge in [-0.25, -0.2) is 4.98 Å². The number of hydrogen-bond donors (Lipinski definition) is 0. The van der Waals surface area contributed by atoms with Gasteiger partial charge in [0.05, 0.1) is 11.8 Å². The van der Waals surface area contributed by atoms with Crippen LogP contribution in [0.15, 0.2) is 18.6 Å². The average Bonchev–Trinajstić information content (AvgIpc) is 2.98. The molecule has 0 aromatic carbocycles. The summed E-state index contributed by atoms with van der Waals surface area (Å²) < 4.78 is 6.09. The first-order valence-electron chi connectivity index (χ1n) is 7.95. The summed E-state index contributed by atoms with van der Waals surface area (Å²) in [6, 6.07) is 0. The number of piperidine rings is 1. The Morgan fingerprint density at radius 3 is 2.61 bits per heavy atom. The standard InChI is InChI=1S/C16H22N4O3/c1-19(2)15(22)13-3-4-16(23-13)5-9-20(10-6-16)14(21)12-11-17-7-8-18-12/h7-8,11,13H,3-6,9-10H2,1-2H3/t13-/m1/s1. The van der Waals surface area contributed by atoms with Crippen molar-refractivity contribution in [1.82, 2.24) is 19.8 Å². The smallest absolute Gasteiger partial charge is 0.274 e. The molecule has 1 aromatic rings. The number of carbonyl (C=O) groups is 2. The van der Waals surface area contributed by atoms with Crippen LogP contribution in [-0.2, 0) is 9.53 Å². The van der Waals surface area contributed by atoms with Crippen LogP contribution in [0.4, 0.5) is 0 Å². The van der Waals surface area contributed by atoms with Crippen LogP contribution in [0, 0.1) is 0 Å². The van der Waals surface area contributed by atoms with Crippen LogP contribution in [0.3, 0.4) is 0 Å². The molecule has 3 heterocycles. The monoisotopic (exact) mass is 318 g/mol. The van der Waals surface area contributed by atoms with Gasteiger partial charge in [-0.05, 0) is 25.7 Å². The highest BCUT2D eigenvalue weighted by molar-refractivity contribution is 5.92. The number of ether oxygens (including phenoxy) is 1. The Labute approximate surface area is 135 Å². The zero-order chi connectivity index (χ0) is 16.4. The highest BCUT2D eigenvalue weighted by atomic mass is 16.5. The summed E-state index contributed by atoms with van der Waals surface area (Å²) in [5, 5.41) is 0. The third-order valence-corrected chi connectivity index (χ3v) is 4.71. The maximum atomic E-state index is 12.4. The topological polar surface area (TPSA) is 75.6 Å². The predicted molar refractivity (Wildman–Crippen MR) is 82.7 cm³/mol. The fraction of sp³-hybridized carbons (Fsp3) is 0.625. The summed E-state index contributed by atoms with van der Waals surface area (Å²) in [6.07, 6.45) is 7.38. The minimum atomic E-state index is -0.341. The van der Waals surface area contributed by atoms with E-state index in [4.69, 9.17) is 4.74 Å². The molecule has 0 unspecified atom stereocenters. The molecule has 0 bridgehead atoms. The molecule has 7 heteroatoms. The van der Waals surface area contributed by atoms with Crippen molar-refractivity contribution in [1.29, 1.82) is 0 Å². The summed E-state index contributed by atoms with van der Waals surface area (Å²) in [5.41, 5.74) is 0.117. The summed E-state index contributed by atoms with van der Waals surface area (Å²) >= 11 is 0. The lowest BCUT2D eigenvalue weighted by atomic mass is 9.88. The van der Waals surface area contributed by atoms with E-state index in [2.05, 4.69) is 9.97 Å². The normalized spacial score (nSPS) is 23.0. The van der Waals surface area contributed by atoms with Crippen LogP contribution in [0.25, 0.3) is 0 Å². The van der Waals surface area contributed by atoms with E-state index >= 15 is 0 Å². The van der Waals surface area contributed by atoms with Crippen molar-refractivity contribution >= 4 is 11.8 Å². The summed E-state index contributed by atoms with van der Waals surface area (Å²) in [6.45, 7) is 1.25. The van der Waals surface area contributed by atoms with E-state index in [-0.39, 0.29) is 23.5 Å². The molecule has 0 saturated carbocycles. The van der Waals surface area contributed by atoms with Gasteiger partial charge in [0.1, 0.15) is 11.8 Å². The van der Waals surface area contributed by atoms with Crippen LogP contribution < -0.4 is 0 Å². The number of aromatic nitrogens is 2. The molecular formula is C16H22N4O3. The van der Waals surface area contributed by atoms with Crippen LogP contribution in [-0.4, -0.2) is 70.5 Å². The van der Waals surface area contributed by atoms with Crippen molar-refractivity contribution < 1.29 is 14.3 Å². The van der Waals surface area contributed by atoms with Gasteiger partial charge in [0.2, 0.25) is 0 Å². The van der Waals surface area contributed by atoms with Gasteiger partial charge >= 0.3 is 0 Å². The Morgan fingerprint density at radius 1 is 1.26 bits per heavy atom. The van der Waals surface area contributed by atoms with Gasteiger partial charge in [0, 0.05) is 39.6 Å². The van der Waals surface area contributed by atoms with Crippen molar-refractivity contribution in [3.63, 3.8) is 0 Å². The molecule has 0 N–H and O–H groups in total. The van der Waals surface area contributed by atoms with Gasteiger partial charge < -0.3 is 14.5 Å². The summed E-state index contributed by atoms with van der Waals surface area (Å²) in [5.74, 6) is -0.0631. The van der Waals surface area contributed by atoms with Gasteiger partial charge in [0.25, 0.3) is 11.8 Å². The minimum absolute atomic E-state index is 0.0277. The van der Waals surface area contributed by atoms with E-state index in [9.17, 15) is 9.59 Å². The minimum Gasteiger partial charge on any atom is -0.362 e. The third-order valence-electron chi connectivity index (χ3n) is 4.71. The van der Waals surface area contributed by atoms with Crippen molar-refractivity contribution in [3.8, 4) is 0 Å². The van der Waals surface area contributed by atoms with E-state index < -0.39 is 0 Å². The highest BCUT2D eigenvalue weighted by Crippen LogP contribution is 2.39. The fourth-order valence-corrected chi connectivity index (χ4v) is 3.33. The number of carbonyl (C=O) groups excluding carboxylic acids is 2. The molecule has 23 heavy (non-hydrogen) atoms. The van der Waals surface area contributed by atoms with Crippen molar-refractivity contribution in [2.75, 3.05) is 27.2 Å². The Balaban J connectivity index is 1.59. The van der Waals surface area contributed by atoms with E-state index in [0.717, 1.165) is 25.7 Å². The molecule has 3 rings (SSSR count). The molecule has 7 nitrogen and oxygen atoms in total. The largest absolute Gasteiger partial charge is 0.362 e. The molecule has 2 fully saturated rings. The lowest BCUT2D eigenvalue weighted by Crippen LogP contribution is -2.47. The summed E-state index contributed by atoms with van der Waals surface area (Å²) in [4.78, 5) is 35.8. The first kappa shape index (κ1) is 15.9. The lowest BCUT2D eigenvalue weighted by molar-refractivity contribution is -0.148. The molecule has 124 valence electrons. The fourth-order valence-electron chi connectivity index (χ4n) is 3.33. The van der Waals surface area contributed by atoms with E-state index in [1.54, 1.807) is 30.1 Å². The molecule has 1 aromatic heterocycles. The van der Waals surface area contributed by atoms with Crippen LogP contribution in [0.5, 0.6) is 0 Å². The second-order valence-electron chi connectivity index (χ2n) is 6.44.